The number of nitrogens with zero attached hydrogens (tertiary/aromatic N) is 3. The Morgan fingerprint density at radius 3 is 2.59 bits per heavy atom. The Labute approximate surface area is 181 Å². The Balaban J connectivity index is 1.85. The summed E-state index contributed by atoms with van der Waals surface area (Å²) >= 11 is 0. The normalized spacial score (nSPS) is 11.2. The summed E-state index contributed by atoms with van der Waals surface area (Å²) in [5.74, 6) is -1.05. The topological polar surface area (TPSA) is 79.7 Å². The number of ether oxygens (including phenoxy) is 1. The highest BCUT2D eigenvalue weighted by Crippen LogP contribution is 2.32. The number of hydrogen-bond acceptors (Lipinski definition) is 4. The lowest BCUT2D eigenvalue weighted by Gasteiger charge is -2.03. The number of benzene rings is 2. The lowest BCUT2D eigenvalue weighted by atomic mass is 10.1. The minimum Gasteiger partial charge on any atom is -0.462 e. The van der Waals surface area contributed by atoms with Gasteiger partial charge in [0.05, 0.1) is 19.0 Å². The van der Waals surface area contributed by atoms with E-state index in [1.54, 1.807) is 19.1 Å². The fourth-order valence-electron chi connectivity index (χ4n) is 3.76. The number of aromatic nitrogens is 4. The number of hydrogen-bond donors (Lipinski definition) is 0. The van der Waals surface area contributed by atoms with Crippen molar-refractivity contribution in [1.29, 1.82) is 0 Å². The van der Waals surface area contributed by atoms with Crippen LogP contribution in [0.15, 0.2) is 78.1 Å². The minimum atomic E-state index is -0.716. The van der Waals surface area contributed by atoms with Gasteiger partial charge in [-0.2, -0.15) is 4.40 Å². The van der Waals surface area contributed by atoms with Crippen molar-refractivity contribution < 1.29 is 18.9 Å². The van der Waals surface area contributed by atoms with Gasteiger partial charge in [-0.15, -0.1) is 0 Å². The highest BCUT2D eigenvalue weighted by molar-refractivity contribution is 6.02. The van der Waals surface area contributed by atoms with Gasteiger partial charge in [-0.1, -0.05) is 30.3 Å². The molecule has 0 saturated heterocycles. The van der Waals surface area contributed by atoms with E-state index in [-0.39, 0.29) is 18.0 Å². The summed E-state index contributed by atoms with van der Waals surface area (Å²) in [5.41, 5.74) is 2.88. The van der Waals surface area contributed by atoms with E-state index in [0.717, 1.165) is 16.8 Å². The van der Waals surface area contributed by atoms with Gasteiger partial charge in [-0.3, -0.25) is 4.98 Å². The molecule has 1 N–H and O–H groups in total. The van der Waals surface area contributed by atoms with Crippen molar-refractivity contribution in [2.45, 2.75) is 6.92 Å². The Kier molecular flexibility index (Phi) is 4.74. The molecule has 0 saturated carbocycles. The molecule has 0 aliphatic rings. The van der Waals surface area contributed by atoms with Crippen LogP contribution in [0.1, 0.15) is 17.3 Å². The predicted molar refractivity (Wildman–Crippen MR) is 116 cm³/mol. The molecule has 0 fully saturated rings. The van der Waals surface area contributed by atoms with E-state index >= 15 is 0 Å². The van der Waals surface area contributed by atoms with Crippen LogP contribution in [0, 0.1) is 5.82 Å². The van der Waals surface area contributed by atoms with E-state index in [0.29, 0.717) is 16.7 Å². The Bertz CT molecular complexity index is 1520. The van der Waals surface area contributed by atoms with Crippen molar-refractivity contribution in [2.24, 2.45) is 0 Å². The number of H-pyrrole nitrogens is 1. The number of nitrogens with one attached hydrogen (secondary N) is 1. The molecule has 0 amide bonds. The molecule has 8 heteroatoms. The van der Waals surface area contributed by atoms with Crippen LogP contribution in [-0.4, -0.2) is 26.5 Å². The molecule has 5 rings (SSSR count). The van der Waals surface area contributed by atoms with E-state index in [2.05, 4.69) is 9.97 Å². The van der Waals surface area contributed by atoms with Gasteiger partial charge < -0.3 is 4.74 Å². The van der Waals surface area contributed by atoms with E-state index in [4.69, 9.17) is 4.74 Å². The third kappa shape index (κ3) is 3.13. The molecule has 0 atom stereocenters. The molecule has 32 heavy (non-hydrogen) atoms. The van der Waals surface area contributed by atoms with Gasteiger partial charge in [-0.05, 0) is 36.8 Å². The second-order valence-electron chi connectivity index (χ2n) is 7.14. The largest absolute Gasteiger partial charge is 0.462 e. The van der Waals surface area contributed by atoms with Gasteiger partial charge in [0.25, 0.3) is 0 Å². The van der Waals surface area contributed by atoms with Crippen LogP contribution >= 0.6 is 0 Å². The van der Waals surface area contributed by atoms with E-state index in [9.17, 15) is 14.0 Å². The summed E-state index contributed by atoms with van der Waals surface area (Å²) in [7, 11) is 0. The molecule has 3 aromatic heterocycles. The van der Waals surface area contributed by atoms with Gasteiger partial charge in [0.15, 0.2) is 11.9 Å². The Morgan fingerprint density at radius 2 is 1.88 bits per heavy atom. The highest BCUT2D eigenvalue weighted by Gasteiger charge is 2.24. The second kappa shape index (κ2) is 7.73. The van der Waals surface area contributed by atoms with Crippen molar-refractivity contribution >= 4 is 22.6 Å². The average molecular weight is 429 g/mol. The fourth-order valence-corrected chi connectivity index (χ4v) is 3.76. The zero-order chi connectivity index (χ0) is 22.2. The van der Waals surface area contributed by atoms with Gasteiger partial charge in [0.1, 0.15) is 16.9 Å². The molecule has 2 aromatic carbocycles. The smallest absolute Gasteiger partial charge is 0.346 e. The first kappa shape index (κ1) is 19.6. The summed E-state index contributed by atoms with van der Waals surface area (Å²) in [6.07, 6.45) is 4.62. The van der Waals surface area contributed by atoms with Crippen LogP contribution in [0.4, 0.5) is 4.39 Å². The van der Waals surface area contributed by atoms with Crippen LogP contribution in [-0.2, 0) is 4.74 Å². The van der Waals surface area contributed by atoms with Gasteiger partial charge >= 0.3 is 11.5 Å². The van der Waals surface area contributed by atoms with Crippen LogP contribution < -0.4 is 10.5 Å². The second-order valence-corrected chi connectivity index (χ2v) is 7.14. The summed E-state index contributed by atoms with van der Waals surface area (Å²) < 4.78 is 21.6. The molecule has 0 bridgehead atoms. The zero-order valence-corrected chi connectivity index (χ0v) is 17.1. The molecular formula is C24H18FN4O3+. The van der Waals surface area contributed by atoms with E-state index in [1.165, 1.54) is 29.1 Å². The number of aromatic amines is 1. The predicted octanol–water partition coefficient (Wildman–Crippen LogP) is 3.44. The quantitative estimate of drug-likeness (QED) is 0.410. The van der Waals surface area contributed by atoms with Crippen molar-refractivity contribution in [3.63, 3.8) is 0 Å². The van der Waals surface area contributed by atoms with Crippen molar-refractivity contribution in [3.8, 4) is 16.8 Å². The van der Waals surface area contributed by atoms with Gasteiger partial charge in [-0.25, -0.2) is 23.5 Å². The van der Waals surface area contributed by atoms with E-state index < -0.39 is 11.5 Å². The molecule has 0 unspecified atom stereocenters. The Hall–Kier alpha value is -4.33. The monoisotopic (exact) mass is 429 g/mol. The summed E-state index contributed by atoms with van der Waals surface area (Å²) in [5, 5.41) is 0.690. The molecular weight excluding hydrogens is 411 g/mol. The molecule has 0 aliphatic heterocycles. The third-order valence-electron chi connectivity index (χ3n) is 5.24. The van der Waals surface area contributed by atoms with Crippen LogP contribution in [0.2, 0.25) is 0 Å². The van der Waals surface area contributed by atoms with Crippen molar-refractivity contribution in [1.82, 2.24) is 14.0 Å². The first-order valence-electron chi connectivity index (χ1n) is 10.0. The molecule has 5 aromatic rings. The Morgan fingerprint density at radius 1 is 1.12 bits per heavy atom. The molecule has 158 valence electrons. The molecule has 0 aliphatic carbocycles. The van der Waals surface area contributed by atoms with E-state index in [1.807, 2.05) is 41.1 Å². The summed E-state index contributed by atoms with van der Waals surface area (Å²) in [4.78, 5) is 32.8. The maximum absolute atomic E-state index is 13.5. The number of rotatable bonds is 4. The van der Waals surface area contributed by atoms with Gasteiger partial charge in [0.2, 0.25) is 11.3 Å². The number of halogens is 1. The SMILES string of the molecule is CCOC(=O)c1cnc2c3c(-c4ccccc4)cn(-c4ccc(F)cc4)c3[nH+]cn2c1=O. The first-order chi connectivity index (χ1) is 15.6. The fraction of sp³-hybridized carbons (Fsp3) is 0.0833. The molecule has 0 radical (unpaired) electrons. The van der Waals surface area contributed by atoms with Crippen molar-refractivity contribution in [2.75, 3.05) is 6.61 Å². The number of fused-ring (bicyclic) bond motifs is 3. The first-order valence-corrected chi connectivity index (χ1v) is 10.0. The zero-order valence-electron chi connectivity index (χ0n) is 17.1. The van der Waals surface area contributed by atoms with Crippen molar-refractivity contribution in [3.05, 3.63) is 95.1 Å². The van der Waals surface area contributed by atoms with Gasteiger partial charge in [0, 0.05) is 5.56 Å². The number of carbonyl (C=O) groups is 1. The molecule has 7 nitrogen and oxygen atoms in total. The van der Waals surface area contributed by atoms with Crippen LogP contribution in [0.5, 0.6) is 0 Å². The minimum absolute atomic E-state index is 0.142. The van der Waals surface area contributed by atoms with Crippen LogP contribution in [0.25, 0.3) is 33.5 Å². The number of esters is 1. The maximum atomic E-state index is 13.5. The average Bonchev–Trinajstić information content (AvgIpc) is 3.21. The summed E-state index contributed by atoms with van der Waals surface area (Å²) in [6.45, 7) is 1.83. The lowest BCUT2D eigenvalue weighted by Crippen LogP contribution is -2.27. The molecule has 3 heterocycles. The standard InChI is InChI=1S/C24H17FN4O3/c1-2-32-24(31)18-12-26-21-20-19(15-6-4-3-5-7-15)13-28(17-10-8-16(25)9-11-17)22(20)27-14-29(21)23(18)30/h3-14H,2H2,1H3/p+1. The number of carbonyl (C=O) groups excluding carboxylic acids is 1. The highest BCUT2D eigenvalue weighted by atomic mass is 19.1. The molecule has 0 spiro atoms. The summed E-state index contributed by atoms with van der Waals surface area (Å²) in [6, 6.07) is 15.8. The third-order valence-corrected chi connectivity index (χ3v) is 5.24. The van der Waals surface area contributed by atoms with Crippen LogP contribution in [0.3, 0.4) is 0 Å². The maximum Gasteiger partial charge on any atom is 0.346 e. The lowest BCUT2D eigenvalue weighted by molar-refractivity contribution is -0.354.